The number of aromatic nitrogens is 1. The van der Waals surface area contributed by atoms with Gasteiger partial charge in [-0.2, -0.15) is 4.99 Å². The number of aliphatic imine (C=N–C) groups is 1. The molecule has 1 aromatic heterocycles. The minimum atomic E-state index is -0.306. The molecule has 0 unspecified atom stereocenters. The molecule has 1 rings (SSSR count). The Morgan fingerprint density at radius 2 is 2.31 bits per heavy atom. The van der Waals surface area contributed by atoms with Crippen LogP contribution in [0.2, 0.25) is 0 Å². The van der Waals surface area contributed by atoms with Crippen molar-refractivity contribution in [1.82, 2.24) is 4.98 Å². The standard InChI is InChI=1S/C8H12N4O2S.ClH/c1-2-14-6(13)3-5-4-15-8(11-5)12-7(9)10;/h4H,2-3H2,1H3,(H4,9,10,11,12);1H. The van der Waals surface area contributed by atoms with Gasteiger partial charge in [0.2, 0.25) is 5.13 Å². The fourth-order valence-corrected chi connectivity index (χ4v) is 1.60. The van der Waals surface area contributed by atoms with Gasteiger partial charge in [0.25, 0.3) is 0 Å². The summed E-state index contributed by atoms with van der Waals surface area (Å²) in [4.78, 5) is 18.9. The Kier molecular flexibility index (Phi) is 6.43. The van der Waals surface area contributed by atoms with Crippen LogP contribution in [0.25, 0.3) is 0 Å². The second-order valence-corrected chi connectivity index (χ2v) is 3.48. The average Bonchev–Trinajstić information content (AvgIpc) is 2.51. The molecule has 0 spiro atoms. The number of ether oxygens (including phenoxy) is 1. The van der Waals surface area contributed by atoms with Crippen molar-refractivity contribution in [2.75, 3.05) is 6.61 Å². The van der Waals surface area contributed by atoms with Gasteiger partial charge in [-0.3, -0.25) is 4.79 Å². The molecule has 0 saturated carbocycles. The first-order valence-corrected chi connectivity index (χ1v) is 5.19. The van der Waals surface area contributed by atoms with E-state index in [9.17, 15) is 4.79 Å². The topological polar surface area (TPSA) is 104 Å². The number of halogens is 1. The number of esters is 1. The highest BCUT2D eigenvalue weighted by atomic mass is 35.5. The van der Waals surface area contributed by atoms with Crippen molar-refractivity contribution in [2.24, 2.45) is 16.5 Å². The molecule has 1 aromatic rings. The maximum Gasteiger partial charge on any atom is 0.311 e. The molecule has 0 aliphatic heterocycles. The summed E-state index contributed by atoms with van der Waals surface area (Å²) < 4.78 is 4.78. The van der Waals surface area contributed by atoms with Crippen molar-refractivity contribution in [1.29, 1.82) is 0 Å². The fourth-order valence-electron chi connectivity index (χ4n) is 0.899. The van der Waals surface area contributed by atoms with Gasteiger partial charge in [-0.1, -0.05) is 0 Å². The lowest BCUT2D eigenvalue weighted by Crippen LogP contribution is -2.21. The lowest BCUT2D eigenvalue weighted by molar-refractivity contribution is -0.142. The van der Waals surface area contributed by atoms with Crippen LogP contribution in [0.3, 0.4) is 0 Å². The SMILES string of the molecule is CCOC(=O)Cc1csc(N=C(N)N)n1.Cl. The lowest BCUT2D eigenvalue weighted by Gasteiger charge is -1.97. The Bertz CT molecular complexity index is 376. The highest BCUT2D eigenvalue weighted by molar-refractivity contribution is 7.13. The Morgan fingerprint density at radius 3 is 2.88 bits per heavy atom. The molecule has 0 saturated heterocycles. The van der Waals surface area contributed by atoms with Crippen molar-refractivity contribution in [3.8, 4) is 0 Å². The number of thiazole rings is 1. The summed E-state index contributed by atoms with van der Waals surface area (Å²) >= 11 is 1.27. The van der Waals surface area contributed by atoms with E-state index in [0.717, 1.165) is 0 Å². The molecule has 1 heterocycles. The van der Waals surface area contributed by atoms with Crippen molar-refractivity contribution in [2.45, 2.75) is 13.3 Å². The van der Waals surface area contributed by atoms with Crippen molar-refractivity contribution >= 4 is 40.8 Å². The Morgan fingerprint density at radius 1 is 1.62 bits per heavy atom. The first-order chi connectivity index (χ1) is 7.11. The number of hydrogen-bond acceptors (Lipinski definition) is 5. The summed E-state index contributed by atoms with van der Waals surface area (Å²) in [5, 5.41) is 2.16. The van der Waals surface area contributed by atoms with Gasteiger partial charge in [0, 0.05) is 5.38 Å². The molecule has 0 radical (unpaired) electrons. The summed E-state index contributed by atoms with van der Waals surface area (Å²) in [6.45, 7) is 2.12. The van der Waals surface area contributed by atoms with E-state index in [1.165, 1.54) is 11.3 Å². The number of hydrogen-bond donors (Lipinski definition) is 2. The van der Waals surface area contributed by atoms with E-state index in [1.54, 1.807) is 12.3 Å². The lowest BCUT2D eigenvalue weighted by atomic mass is 10.3. The van der Waals surface area contributed by atoms with E-state index in [2.05, 4.69) is 9.98 Å². The summed E-state index contributed by atoms with van der Waals surface area (Å²) in [6.07, 6.45) is 0.143. The van der Waals surface area contributed by atoms with Crippen LogP contribution < -0.4 is 11.5 Å². The third kappa shape index (κ3) is 4.94. The molecule has 0 amide bonds. The summed E-state index contributed by atoms with van der Waals surface area (Å²) in [6, 6.07) is 0. The first kappa shape index (κ1) is 14.7. The Labute approximate surface area is 103 Å². The molecular formula is C8H13ClN4O2S. The number of nitrogens with two attached hydrogens (primary N) is 2. The summed E-state index contributed by atoms with van der Waals surface area (Å²) in [5.74, 6) is -0.355. The normalized spacial score (nSPS) is 9.06. The molecule has 4 N–H and O–H groups in total. The Hall–Kier alpha value is -1.34. The predicted molar refractivity (Wildman–Crippen MR) is 65.2 cm³/mol. The van der Waals surface area contributed by atoms with Crippen molar-refractivity contribution < 1.29 is 9.53 Å². The van der Waals surface area contributed by atoms with Gasteiger partial charge in [-0.05, 0) is 6.92 Å². The molecular weight excluding hydrogens is 252 g/mol. The third-order valence-corrected chi connectivity index (χ3v) is 2.18. The van der Waals surface area contributed by atoms with Gasteiger partial charge in [-0.25, -0.2) is 4.98 Å². The van der Waals surface area contributed by atoms with Gasteiger partial charge in [-0.15, -0.1) is 23.7 Å². The van der Waals surface area contributed by atoms with Crippen molar-refractivity contribution in [3.63, 3.8) is 0 Å². The van der Waals surface area contributed by atoms with E-state index in [1.807, 2.05) is 0 Å². The second kappa shape index (κ2) is 7.02. The molecule has 0 atom stereocenters. The molecule has 0 aliphatic rings. The monoisotopic (exact) mass is 264 g/mol. The number of nitrogens with zero attached hydrogens (tertiary/aromatic N) is 2. The molecule has 0 aromatic carbocycles. The molecule has 0 fully saturated rings. The van der Waals surface area contributed by atoms with Crippen LogP contribution in [0.5, 0.6) is 0 Å². The molecule has 90 valence electrons. The number of carbonyl (C=O) groups is 1. The minimum absolute atomic E-state index is 0. The van der Waals surface area contributed by atoms with Gasteiger partial charge in [0.15, 0.2) is 5.96 Å². The maximum atomic E-state index is 11.1. The predicted octanol–water partition coefficient (Wildman–Crippen LogP) is 0.575. The summed E-state index contributed by atoms with van der Waals surface area (Å²) in [5.41, 5.74) is 11.0. The van der Waals surface area contributed by atoms with Crippen LogP contribution >= 0.6 is 23.7 Å². The smallest absolute Gasteiger partial charge is 0.311 e. The van der Waals surface area contributed by atoms with Crippen molar-refractivity contribution in [3.05, 3.63) is 11.1 Å². The van der Waals surface area contributed by atoms with E-state index in [-0.39, 0.29) is 30.8 Å². The highest BCUT2D eigenvalue weighted by Gasteiger charge is 2.07. The number of guanidine groups is 1. The Balaban J connectivity index is 0.00000225. The highest BCUT2D eigenvalue weighted by Crippen LogP contribution is 2.18. The number of rotatable bonds is 4. The van der Waals surface area contributed by atoms with Crippen LogP contribution in [0.1, 0.15) is 12.6 Å². The zero-order chi connectivity index (χ0) is 11.3. The van der Waals surface area contributed by atoms with E-state index < -0.39 is 0 Å². The molecule has 16 heavy (non-hydrogen) atoms. The number of carbonyl (C=O) groups excluding carboxylic acids is 1. The zero-order valence-electron chi connectivity index (χ0n) is 8.67. The molecule has 6 nitrogen and oxygen atoms in total. The van der Waals surface area contributed by atoms with E-state index in [0.29, 0.717) is 17.4 Å². The van der Waals surface area contributed by atoms with Gasteiger partial charge in [0.05, 0.1) is 18.7 Å². The minimum Gasteiger partial charge on any atom is -0.466 e. The van der Waals surface area contributed by atoms with Crippen LogP contribution in [-0.4, -0.2) is 23.5 Å². The van der Waals surface area contributed by atoms with Crippen LogP contribution in [0, 0.1) is 0 Å². The third-order valence-electron chi connectivity index (χ3n) is 1.40. The average molecular weight is 265 g/mol. The molecule has 8 heteroatoms. The van der Waals surface area contributed by atoms with Crippen LogP contribution in [0.4, 0.5) is 5.13 Å². The fraction of sp³-hybridized carbons (Fsp3) is 0.375. The largest absolute Gasteiger partial charge is 0.466 e. The van der Waals surface area contributed by atoms with Crippen LogP contribution in [-0.2, 0) is 16.0 Å². The summed E-state index contributed by atoms with van der Waals surface area (Å²) in [7, 11) is 0. The zero-order valence-corrected chi connectivity index (χ0v) is 10.3. The van der Waals surface area contributed by atoms with Gasteiger partial charge < -0.3 is 16.2 Å². The van der Waals surface area contributed by atoms with Gasteiger partial charge >= 0.3 is 5.97 Å². The van der Waals surface area contributed by atoms with Gasteiger partial charge in [0.1, 0.15) is 0 Å². The van der Waals surface area contributed by atoms with E-state index >= 15 is 0 Å². The molecule has 0 bridgehead atoms. The van der Waals surface area contributed by atoms with Crippen LogP contribution in [0.15, 0.2) is 10.4 Å². The maximum absolute atomic E-state index is 11.1. The quantitative estimate of drug-likeness (QED) is 0.470. The first-order valence-electron chi connectivity index (χ1n) is 4.31. The van der Waals surface area contributed by atoms with E-state index in [4.69, 9.17) is 16.2 Å². The second-order valence-electron chi connectivity index (χ2n) is 2.64. The molecule has 0 aliphatic carbocycles.